The molecule has 1 amide bonds. The first kappa shape index (κ1) is 18.8. The minimum absolute atomic E-state index is 0.0143. The van der Waals surface area contributed by atoms with Crippen LogP contribution in [-0.2, 0) is 5.41 Å². The maximum atomic E-state index is 13.1. The van der Waals surface area contributed by atoms with E-state index < -0.39 is 0 Å². The number of thiophene rings is 1. The van der Waals surface area contributed by atoms with E-state index in [0.29, 0.717) is 16.1 Å². The summed E-state index contributed by atoms with van der Waals surface area (Å²) in [6, 6.07) is 17.4. The molecule has 3 aromatic rings. The molecule has 0 fully saturated rings. The number of halogens is 1. The largest absolute Gasteiger partial charge is 0.320 e. The van der Waals surface area contributed by atoms with Crippen molar-refractivity contribution in [3.05, 3.63) is 76.4 Å². The molecule has 0 saturated heterocycles. The number of nitrogens with zero attached hydrogens (tertiary/aromatic N) is 1. The van der Waals surface area contributed by atoms with Crippen LogP contribution >= 0.6 is 11.3 Å². The van der Waals surface area contributed by atoms with E-state index in [-0.39, 0.29) is 17.1 Å². The Bertz CT molecular complexity index is 1010. The van der Waals surface area contributed by atoms with Gasteiger partial charge in [0.25, 0.3) is 5.91 Å². The van der Waals surface area contributed by atoms with Crippen LogP contribution in [0.2, 0.25) is 0 Å². The maximum Gasteiger partial charge on any atom is 0.255 e. The third-order valence-electron chi connectivity index (χ3n) is 4.22. The highest BCUT2D eigenvalue weighted by Crippen LogP contribution is 2.34. The van der Waals surface area contributed by atoms with Crippen LogP contribution in [0.4, 0.5) is 10.1 Å². The third kappa shape index (κ3) is 4.24. The number of rotatable bonds is 3. The van der Waals surface area contributed by atoms with Gasteiger partial charge in [-0.25, -0.2) is 4.39 Å². The molecule has 1 N–H and O–H groups in total. The number of nitriles is 1. The van der Waals surface area contributed by atoms with Crippen molar-refractivity contribution in [3.63, 3.8) is 0 Å². The van der Waals surface area contributed by atoms with E-state index in [9.17, 15) is 14.4 Å². The van der Waals surface area contributed by atoms with Gasteiger partial charge >= 0.3 is 0 Å². The summed E-state index contributed by atoms with van der Waals surface area (Å²) >= 11 is 1.26. The van der Waals surface area contributed by atoms with Gasteiger partial charge in [-0.3, -0.25) is 4.79 Å². The van der Waals surface area contributed by atoms with Gasteiger partial charge in [0, 0.05) is 10.4 Å². The van der Waals surface area contributed by atoms with Crippen LogP contribution in [0.25, 0.3) is 10.4 Å². The van der Waals surface area contributed by atoms with Crippen molar-refractivity contribution in [3.8, 4) is 16.5 Å². The number of anilines is 1. The van der Waals surface area contributed by atoms with Gasteiger partial charge in [0.15, 0.2) is 0 Å². The number of hydrogen-bond acceptors (Lipinski definition) is 3. The predicted octanol–water partition coefficient (Wildman–Crippen LogP) is 5.98. The third-order valence-corrected chi connectivity index (χ3v) is 5.31. The Morgan fingerprint density at radius 2 is 1.70 bits per heavy atom. The van der Waals surface area contributed by atoms with Crippen LogP contribution < -0.4 is 5.32 Å². The van der Waals surface area contributed by atoms with Crippen LogP contribution in [0.15, 0.2) is 54.6 Å². The van der Waals surface area contributed by atoms with E-state index in [1.165, 1.54) is 23.5 Å². The highest BCUT2D eigenvalue weighted by atomic mass is 32.1. The summed E-state index contributed by atoms with van der Waals surface area (Å²) in [6.45, 7) is 6.34. The van der Waals surface area contributed by atoms with Crippen molar-refractivity contribution in [2.45, 2.75) is 26.2 Å². The summed E-state index contributed by atoms with van der Waals surface area (Å²) in [5.74, 6) is -0.585. The van der Waals surface area contributed by atoms with E-state index in [0.717, 1.165) is 16.0 Å². The number of carbonyl (C=O) groups is 1. The molecule has 27 heavy (non-hydrogen) atoms. The predicted molar refractivity (Wildman–Crippen MR) is 108 cm³/mol. The molecular weight excluding hydrogens is 359 g/mol. The van der Waals surface area contributed by atoms with Gasteiger partial charge in [0.2, 0.25) is 0 Å². The van der Waals surface area contributed by atoms with Crippen LogP contribution in [0, 0.1) is 17.1 Å². The molecule has 5 heteroatoms. The number of nitrogens with one attached hydrogen (secondary N) is 1. The van der Waals surface area contributed by atoms with E-state index in [2.05, 4.69) is 32.2 Å². The molecule has 0 unspecified atom stereocenters. The molecule has 3 nitrogen and oxygen atoms in total. The van der Waals surface area contributed by atoms with Gasteiger partial charge in [-0.2, -0.15) is 5.26 Å². The summed E-state index contributed by atoms with van der Waals surface area (Å²) in [5.41, 5.74) is 2.95. The minimum atomic E-state index is -0.317. The first-order chi connectivity index (χ1) is 12.8. The molecule has 0 spiro atoms. The Morgan fingerprint density at radius 3 is 2.26 bits per heavy atom. The second-order valence-electron chi connectivity index (χ2n) is 7.25. The van der Waals surface area contributed by atoms with Crippen molar-refractivity contribution in [1.29, 1.82) is 5.26 Å². The summed E-state index contributed by atoms with van der Waals surface area (Å²) in [4.78, 5) is 13.8. The van der Waals surface area contributed by atoms with Crippen molar-refractivity contribution in [2.24, 2.45) is 0 Å². The zero-order chi connectivity index (χ0) is 19.6. The quantitative estimate of drug-likeness (QED) is 0.610. The van der Waals surface area contributed by atoms with Gasteiger partial charge in [0.05, 0.1) is 5.69 Å². The number of amides is 1. The number of hydrogen-bond donors (Lipinski definition) is 1. The summed E-state index contributed by atoms with van der Waals surface area (Å²) in [7, 11) is 0. The monoisotopic (exact) mass is 378 g/mol. The molecule has 0 saturated carbocycles. The lowest BCUT2D eigenvalue weighted by Crippen LogP contribution is -2.14. The minimum Gasteiger partial charge on any atom is -0.320 e. The second kappa shape index (κ2) is 7.34. The molecule has 0 bridgehead atoms. The summed E-state index contributed by atoms with van der Waals surface area (Å²) in [6.07, 6.45) is 0. The van der Waals surface area contributed by atoms with Gasteiger partial charge in [0.1, 0.15) is 16.8 Å². The molecule has 136 valence electrons. The van der Waals surface area contributed by atoms with E-state index in [1.54, 1.807) is 30.3 Å². The van der Waals surface area contributed by atoms with E-state index in [4.69, 9.17) is 0 Å². The standard InChI is InChI=1S/C22H19FN2OS/c1-22(2,3)16-8-4-15(5-9-16)21(26)25-18-12-19(27-20(18)13-24)14-6-10-17(23)11-7-14/h4-12H,1-3H3,(H,25,26). The molecule has 1 heterocycles. The fourth-order valence-corrected chi connectivity index (χ4v) is 3.56. The highest BCUT2D eigenvalue weighted by molar-refractivity contribution is 7.16. The molecule has 0 aliphatic heterocycles. The molecule has 3 rings (SSSR count). The fourth-order valence-electron chi connectivity index (χ4n) is 2.64. The Labute approximate surface area is 162 Å². The molecule has 0 atom stereocenters. The number of benzene rings is 2. The first-order valence-electron chi connectivity index (χ1n) is 8.50. The molecule has 2 aromatic carbocycles. The van der Waals surface area contributed by atoms with Crippen molar-refractivity contribution in [1.82, 2.24) is 0 Å². The molecule has 0 aliphatic carbocycles. The fraction of sp³-hybridized carbons (Fsp3) is 0.182. The van der Waals surface area contributed by atoms with Crippen LogP contribution in [0.3, 0.4) is 0 Å². The Hall–Kier alpha value is -2.97. The molecule has 0 aliphatic rings. The van der Waals surface area contributed by atoms with Crippen molar-refractivity contribution >= 4 is 22.9 Å². The Kier molecular flexibility index (Phi) is 5.11. The summed E-state index contributed by atoms with van der Waals surface area (Å²) in [5, 5.41) is 12.2. The van der Waals surface area contributed by atoms with Crippen molar-refractivity contribution in [2.75, 3.05) is 5.32 Å². The van der Waals surface area contributed by atoms with E-state index >= 15 is 0 Å². The lowest BCUT2D eigenvalue weighted by molar-refractivity contribution is 0.102. The molecular formula is C22H19FN2OS. The van der Waals surface area contributed by atoms with Crippen molar-refractivity contribution < 1.29 is 9.18 Å². The van der Waals surface area contributed by atoms with Crippen LogP contribution in [0.5, 0.6) is 0 Å². The maximum absolute atomic E-state index is 13.1. The van der Waals surface area contributed by atoms with Gasteiger partial charge < -0.3 is 5.32 Å². The zero-order valence-electron chi connectivity index (χ0n) is 15.3. The molecule has 0 radical (unpaired) electrons. The first-order valence-corrected chi connectivity index (χ1v) is 9.31. The molecule has 1 aromatic heterocycles. The van der Waals surface area contributed by atoms with Gasteiger partial charge in [-0.05, 0) is 46.9 Å². The SMILES string of the molecule is CC(C)(C)c1ccc(C(=O)Nc2cc(-c3ccc(F)cc3)sc2C#N)cc1. The van der Waals surface area contributed by atoms with Crippen LogP contribution in [0.1, 0.15) is 41.6 Å². The summed E-state index contributed by atoms with van der Waals surface area (Å²) < 4.78 is 13.1. The lowest BCUT2D eigenvalue weighted by atomic mass is 9.87. The zero-order valence-corrected chi connectivity index (χ0v) is 16.2. The topological polar surface area (TPSA) is 52.9 Å². The van der Waals surface area contributed by atoms with Gasteiger partial charge in [-0.1, -0.05) is 45.0 Å². The Balaban J connectivity index is 1.83. The Morgan fingerprint density at radius 1 is 1.07 bits per heavy atom. The highest BCUT2D eigenvalue weighted by Gasteiger charge is 2.16. The van der Waals surface area contributed by atoms with Gasteiger partial charge in [-0.15, -0.1) is 11.3 Å². The van der Waals surface area contributed by atoms with Crippen LogP contribution in [-0.4, -0.2) is 5.91 Å². The lowest BCUT2D eigenvalue weighted by Gasteiger charge is -2.19. The smallest absolute Gasteiger partial charge is 0.255 e. The normalized spacial score (nSPS) is 11.1. The average molecular weight is 378 g/mol. The number of carbonyl (C=O) groups excluding carboxylic acids is 1. The average Bonchev–Trinajstić information content (AvgIpc) is 3.04. The second-order valence-corrected chi connectivity index (χ2v) is 8.31. The van der Waals surface area contributed by atoms with E-state index in [1.807, 2.05) is 12.1 Å².